The number of aromatic amines is 1. The molecular formula is C17H17N3O2. The lowest BCUT2D eigenvalue weighted by molar-refractivity contribution is 0.189. The number of benzene rings is 1. The SMILES string of the molecule is O=C(O)N[C@H](Cc1ccccc1)Cc1c[nH]c2cnccc12. The van der Waals surface area contributed by atoms with Gasteiger partial charge in [-0.25, -0.2) is 4.79 Å². The van der Waals surface area contributed by atoms with E-state index in [4.69, 9.17) is 5.11 Å². The monoisotopic (exact) mass is 295 g/mol. The van der Waals surface area contributed by atoms with Gasteiger partial charge in [0, 0.05) is 23.8 Å². The molecule has 3 rings (SSSR count). The molecule has 0 radical (unpaired) electrons. The molecule has 1 amide bonds. The molecule has 0 unspecified atom stereocenters. The summed E-state index contributed by atoms with van der Waals surface area (Å²) >= 11 is 0. The number of hydrogen-bond donors (Lipinski definition) is 3. The van der Waals surface area contributed by atoms with E-state index in [0.29, 0.717) is 12.8 Å². The highest BCUT2D eigenvalue weighted by Crippen LogP contribution is 2.19. The molecule has 3 aromatic rings. The van der Waals surface area contributed by atoms with Gasteiger partial charge in [0.25, 0.3) is 0 Å². The van der Waals surface area contributed by atoms with Gasteiger partial charge in [-0.15, -0.1) is 0 Å². The lowest BCUT2D eigenvalue weighted by Crippen LogP contribution is -2.37. The minimum absolute atomic E-state index is 0.174. The molecule has 0 aliphatic carbocycles. The van der Waals surface area contributed by atoms with Crippen LogP contribution in [0.1, 0.15) is 11.1 Å². The van der Waals surface area contributed by atoms with Crippen molar-refractivity contribution in [3.63, 3.8) is 0 Å². The molecule has 2 aromatic heterocycles. The van der Waals surface area contributed by atoms with Crippen molar-refractivity contribution in [1.29, 1.82) is 0 Å². The van der Waals surface area contributed by atoms with Crippen LogP contribution < -0.4 is 5.32 Å². The number of carboxylic acid groups (broad SMARTS) is 1. The number of H-pyrrole nitrogens is 1. The van der Waals surface area contributed by atoms with Gasteiger partial charge in [-0.2, -0.15) is 0 Å². The van der Waals surface area contributed by atoms with Crippen molar-refractivity contribution < 1.29 is 9.90 Å². The van der Waals surface area contributed by atoms with Crippen LogP contribution in [0.2, 0.25) is 0 Å². The fraction of sp³-hybridized carbons (Fsp3) is 0.176. The maximum absolute atomic E-state index is 11.1. The van der Waals surface area contributed by atoms with Crippen LogP contribution >= 0.6 is 0 Å². The summed E-state index contributed by atoms with van der Waals surface area (Å²) < 4.78 is 0. The molecule has 0 spiro atoms. The van der Waals surface area contributed by atoms with Crippen molar-refractivity contribution in [3.05, 3.63) is 66.1 Å². The van der Waals surface area contributed by atoms with Crippen LogP contribution in [0.4, 0.5) is 4.79 Å². The van der Waals surface area contributed by atoms with Crippen molar-refractivity contribution >= 4 is 17.0 Å². The fourth-order valence-electron chi connectivity index (χ4n) is 2.71. The van der Waals surface area contributed by atoms with Crippen molar-refractivity contribution in [1.82, 2.24) is 15.3 Å². The summed E-state index contributed by atoms with van der Waals surface area (Å²) in [5.74, 6) is 0. The van der Waals surface area contributed by atoms with Crippen LogP contribution in [0.3, 0.4) is 0 Å². The van der Waals surface area contributed by atoms with Gasteiger partial charge in [-0.3, -0.25) is 4.98 Å². The molecule has 5 heteroatoms. The first kappa shape index (κ1) is 14.1. The number of aromatic nitrogens is 2. The van der Waals surface area contributed by atoms with E-state index in [0.717, 1.165) is 22.0 Å². The zero-order valence-corrected chi connectivity index (χ0v) is 12.0. The summed E-state index contributed by atoms with van der Waals surface area (Å²) in [6.07, 6.45) is 5.73. The summed E-state index contributed by atoms with van der Waals surface area (Å²) in [5.41, 5.74) is 3.17. The van der Waals surface area contributed by atoms with Crippen LogP contribution in [0.5, 0.6) is 0 Å². The standard InChI is InChI=1S/C17H17N3O2/c21-17(22)20-14(8-12-4-2-1-3-5-12)9-13-10-19-16-11-18-7-6-15(13)16/h1-7,10-11,14,19-20H,8-9H2,(H,21,22)/t14-/m1/s1. The number of pyridine rings is 1. The Morgan fingerprint density at radius 2 is 2.05 bits per heavy atom. The predicted octanol–water partition coefficient (Wildman–Crippen LogP) is 2.98. The Morgan fingerprint density at radius 3 is 2.82 bits per heavy atom. The van der Waals surface area contributed by atoms with Gasteiger partial charge < -0.3 is 15.4 Å². The first-order valence-corrected chi connectivity index (χ1v) is 7.16. The molecule has 0 fully saturated rings. The average molecular weight is 295 g/mol. The highest BCUT2D eigenvalue weighted by atomic mass is 16.4. The molecule has 0 bridgehead atoms. The van der Waals surface area contributed by atoms with Gasteiger partial charge in [0.15, 0.2) is 0 Å². The molecule has 5 nitrogen and oxygen atoms in total. The zero-order chi connectivity index (χ0) is 15.4. The quantitative estimate of drug-likeness (QED) is 0.677. The van der Waals surface area contributed by atoms with Gasteiger partial charge in [0.1, 0.15) is 0 Å². The van der Waals surface area contributed by atoms with E-state index in [2.05, 4.69) is 15.3 Å². The Hall–Kier alpha value is -2.82. The second-order valence-electron chi connectivity index (χ2n) is 5.28. The van der Waals surface area contributed by atoms with Gasteiger partial charge in [0.2, 0.25) is 0 Å². The Bertz CT molecular complexity index is 768. The second-order valence-corrected chi connectivity index (χ2v) is 5.28. The summed E-state index contributed by atoms with van der Waals surface area (Å²) in [7, 11) is 0. The average Bonchev–Trinajstić information content (AvgIpc) is 2.91. The molecule has 0 saturated carbocycles. The molecule has 3 N–H and O–H groups in total. The molecular weight excluding hydrogens is 278 g/mol. The molecule has 22 heavy (non-hydrogen) atoms. The zero-order valence-electron chi connectivity index (χ0n) is 12.0. The van der Waals surface area contributed by atoms with Crippen molar-refractivity contribution in [2.24, 2.45) is 0 Å². The number of amides is 1. The second kappa shape index (κ2) is 6.30. The van der Waals surface area contributed by atoms with E-state index in [1.807, 2.05) is 42.6 Å². The normalized spacial score (nSPS) is 12.2. The summed E-state index contributed by atoms with van der Waals surface area (Å²) in [6.45, 7) is 0. The minimum Gasteiger partial charge on any atom is -0.465 e. The van der Waals surface area contributed by atoms with Gasteiger partial charge in [0.05, 0.1) is 11.7 Å². The Balaban J connectivity index is 1.82. The minimum atomic E-state index is -0.998. The number of hydrogen-bond acceptors (Lipinski definition) is 2. The highest BCUT2D eigenvalue weighted by molar-refractivity contribution is 5.82. The first-order chi connectivity index (χ1) is 10.7. The molecule has 112 valence electrons. The Morgan fingerprint density at radius 1 is 1.23 bits per heavy atom. The van der Waals surface area contributed by atoms with E-state index in [-0.39, 0.29) is 6.04 Å². The molecule has 0 saturated heterocycles. The maximum Gasteiger partial charge on any atom is 0.404 e. The fourth-order valence-corrected chi connectivity index (χ4v) is 2.71. The summed E-state index contributed by atoms with van der Waals surface area (Å²) in [6, 6.07) is 11.7. The molecule has 1 atom stereocenters. The van der Waals surface area contributed by atoms with Crippen molar-refractivity contribution in [2.45, 2.75) is 18.9 Å². The molecule has 0 aliphatic rings. The van der Waals surface area contributed by atoms with Crippen LogP contribution in [0.15, 0.2) is 55.0 Å². The molecule has 2 heterocycles. The van der Waals surface area contributed by atoms with Crippen molar-refractivity contribution in [2.75, 3.05) is 0 Å². The third-order valence-corrected chi connectivity index (χ3v) is 3.69. The smallest absolute Gasteiger partial charge is 0.404 e. The largest absolute Gasteiger partial charge is 0.465 e. The third kappa shape index (κ3) is 3.25. The summed E-state index contributed by atoms with van der Waals surface area (Å²) in [5, 5.41) is 12.8. The van der Waals surface area contributed by atoms with E-state index in [1.165, 1.54) is 0 Å². The van der Waals surface area contributed by atoms with E-state index >= 15 is 0 Å². The number of rotatable bonds is 5. The number of carbonyl (C=O) groups is 1. The van der Waals surface area contributed by atoms with Crippen molar-refractivity contribution in [3.8, 4) is 0 Å². The van der Waals surface area contributed by atoms with Gasteiger partial charge >= 0.3 is 6.09 Å². The van der Waals surface area contributed by atoms with E-state index in [9.17, 15) is 4.79 Å². The van der Waals surface area contributed by atoms with E-state index in [1.54, 1.807) is 12.4 Å². The molecule has 0 aliphatic heterocycles. The van der Waals surface area contributed by atoms with Crippen LogP contribution in [0, 0.1) is 0 Å². The topological polar surface area (TPSA) is 78.0 Å². The van der Waals surface area contributed by atoms with Gasteiger partial charge in [-0.1, -0.05) is 30.3 Å². The number of nitrogens with one attached hydrogen (secondary N) is 2. The third-order valence-electron chi connectivity index (χ3n) is 3.69. The summed E-state index contributed by atoms with van der Waals surface area (Å²) in [4.78, 5) is 18.3. The molecule has 1 aromatic carbocycles. The maximum atomic E-state index is 11.1. The van der Waals surface area contributed by atoms with Gasteiger partial charge in [-0.05, 0) is 30.0 Å². The number of fused-ring (bicyclic) bond motifs is 1. The Labute approximate surface area is 128 Å². The van der Waals surface area contributed by atoms with E-state index < -0.39 is 6.09 Å². The number of nitrogens with zero attached hydrogens (tertiary/aromatic N) is 1. The van der Waals surface area contributed by atoms with Crippen LogP contribution in [-0.2, 0) is 12.8 Å². The lowest BCUT2D eigenvalue weighted by Gasteiger charge is -2.16. The van der Waals surface area contributed by atoms with Crippen LogP contribution in [-0.4, -0.2) is 27.2 Å². The Kier molecular flexibility index (Phi) is 4.05. The van der Waals surface area contributed by atoms with Crippen LogP contribution in [0.25, 0.3) is 10.9 Å². The lowest BCUT2D eigenvalue weighted by atomic mass is 9.99. The highest BCUT2D eigenvalue weighted by Gasteiger charge is 2.15. The predicted molar refractivity (Wildman–Crippen MR) is 84.9 cm³/mol. The first-order valence-electron chi connectivity index (χ1n) is 7.16.